The van der Waals surface area contributed by atoms with Gasteiger partial charge in [-0.15, -0.1) is 0 Å². The number of cyclic esters (lactones) is 1. The number of hydrogen-bond acceptors (Lipinski definition) is 8. The molecule has 4 aliphatic rings. The molecule has 5 rings (SSSR count). The van der Waals surface area contributed by atoms with E-state index in [-0.39, 0.29) is 24.2 Å². The Morgan fingerprint density at radius 2 is 2.03 bits per heavy atom. The van der Waals surface area contributed by atoms with E-state index in [0.29, 0.717) is 5.69 Å². The molecule has 0 aromatic carbocycles. The minimum absolute atomic E-state index is 0.0331. The van der Waals surface area contributed by atoms with E-state index in [1.54, 1.807) is 25.3 Å². The Kier molecular flexibility index (Phi) is 6.39. The normalized spacial score (nSPS) is 46.2. The van der Waals surface area contributed by atoms with Crippen LogP contribution in [0.3, 0.4) is 0 Å². The molecular weight excluding hydrogens is 466 g/mol. The molecule has 9 nitrogen and oxygen atoms in total. The van der Waals surface area contributed by atoms with Crippen LogP contribution in [0.1, 0.15) is 44.6 Å². The molecule has 1 aromatic heterocycles. The first-order valence-corrected chi connectivity index (χ1v) is 12.7. The molecule has 4 bridgehead atoms. The molecule has 4 N–H and O–H groups in total. The monoisotopic (exact) mass is 501 g/mol. The molecule has 2 aliphatic heterocycles. The standard InChI is InChI=1S/C27H35NO8/c1-12-10-13(2)27-16(11-19(30)26(33)34-22(12)15(4)29)7-8-17-20(27)21(31)14(3)23(24(17)36-27)35-25(32)18-6-5-9-28-18/h5-10,12,14-17,19-24,28-31H,11H2,1-4H3/b13-10+/t12-,14-,15?,16?,17-,19?,20+,21-,22+,23-,24-,27+/m1/s1. The number of H-pyrrole nitrogens is 1. The highest BCUT2D eigenvalue weighted by atomic mass is 16.6. The fourth-order valence-corrected chi connectivity index (χ4v) is 6.96. The number of carbonyl (C=O) groups excluding carboxylic acids is 2. The zero-order valence-electron chi connectivity index (χ0n) is 20.9. The average molecular weight is 502 g/mol. The number of ether oxygens (including phenoxy) is 3. The van der Waals surface area contributed by atoms with Crippen LogP contribution in [0.25, 0.3) is 0 Å². The third-order valence-electron chi connectivity index (χ3n) is 8.67. The number of aromatic amines is 1. The SMILES string of the molecule is C/C1=C\[C@@H](C)[C@@H](C(C)O)OC(=O)C(O)CC2C=C[C@H]3[C@H]4O[C@@]12[C@@H]3[C@H](O)[C@@H](C)[C@H]4OC(=O)c1ccc[nH]1. The Labute approximate surface area is 210 Å². The first-order valence-electron chi connectivity index (χ1n) is 12.7. The van der Waals surface area contributed by atoms with Crippen LogP contribution in [0, 0.1) is 29.6 Å². The zero-order chi connectivity index (χ0) is 25.9. The molecule has 196 valence electrons. The van der Waals surface area contributed by atoms with E-state index in [0.717, 1.165) is 5.57 Å². The summed E-state index contributed by atoms with van der Waals surface area (Å²) in [6.45, 7) is 7.16. The van der Waals surface area contributed by atoms with Gasteiger partial charge in [-0.3, -0.25) is 0 Å². The average Bonchev–Trinajstić information content (AvgIpc) is 3.43. The molecule has 2 aliphatic carbocycles. The topological polar surface area (TPSA) is 138 Å². The Bertz CT molecular complexity index is 1060. The van der Waals surface area contributed by atoms with Crippen LogP contribution >= 0.6 is 0 Å². The third kappa shape index (κ3) is 3.75. The highest BCUT2D eigenvalue weighted by molar-refractivity contribution is 5.87. The second-order valence-electron chi connectivity index (χ2n) is 10.9. The number of rotatable bonds is 3. The summed E-state index contributed by atoms with van der Waals surface area (Å²) in [5.74, 6) is -3.08. The van der Waals surface area contributed by atoms with E-state index in [1.165, 1.54) is 0 Å². The summed E-state index contributed by atoms with van der Waals surface area (Å²) < 4.78 is 18.2. The molecule has 1 spiro atoms. The largest absolute Gasteiger partial charge is 0.457 e. The molecule has 36 heavy (non-hydrogen) atoms. The van der Waals surface area contributed by atoms with Crippen LogP contribution in [0.5, 0.6) is 0 Å². The van der Waals surface area contributed by atoms with Crippen molar-refractivity contribution in [3.8, 4) is 0 Å². The van der Waals surface area contributed by atoms with Crippen molar-refractivity contribution < 1.29 is 39.1 Å². The summed E-state index contributed by atoms with van der Waals surface area (Å²) in [6, 6.07) is 3.34. The van der Waals surface area contributed by atoms with Crippen LogP contribution < -0.4 is 0 Å². The predicted octanol–water partition coefficient (Wildman–Crippen LogP) is 1.75. The fourth-order valence-electron chi connectivity index (χ4n) is 6.96. The lowest BCUT2D eigenvalue weighted by molar-refractivity contribution is -0.170. The van der Waals surface area contributed by atoms with Crippen molar-refractivity contribution in [2.24, 2.45) is 29.6 Å². The van der Waals surface area contributed by atoms with Crippen molar-refractivity contribution in [3.05, 3.63) is 47.8 Å². The molecule has 2 fully saturated rings. The molecular formula is C27H35NO8. The summed E-state index contributed by atoms with van der Waals surface area (Å²) in [5, 5.41) is 32.7. The van der Waals surface area contributed by atoms with Crippen molar-refractivity contribution in [2.75, 3.05) is 0 Å². The van der Waals surface area contributed by atoms with Crippen molar-refractivity contribution in [1.82, 2.24) is 4.98 Å². The van der Waals surface area contributed by atoms with E-state index in [2.05, 4.69) is 4.98 Å². The lowest BCUT2D eigenvalue weighted by Gasteiger charge is -2.48. The molecule has 0 amide bonds. The van der Waals surface area contributed by atoms with E-state index in [1.807, 2.05) is 39.0 Å². The second-order valence-corrected chi connectivity index (χ2v) is 10.9. The van der Waals surface area contributed by atoms with Gasteiger partial charge in [0.25, 0.3) is 0 Å². The summed E-state index contributed by atoms with van der Waals surface area (Å²) in [5.41, 5.74) is 0.141. The van der Waals surface area contributed by atoms with Gasteiger partial charge < -0.3 is 34.5 Å². The maximum atomic E-state index is 12.8. The van der Waals surface area contributed by atoms with E-state index >= 15 is 0 Å². The minimum Gasteiger partial charge on any atom is -0.457 e. The highest BCUT2D eigenvalue weighted by Gasteiger charge is 2.69. The van der Waals surface area contributed by atoms with Gasteiger partial charge in [0, 0.05) is 35.8 Å². The van der Waals surface area contributed by atoms with E-state index in [9.17, 15) is 24.9 Å². The van der Waals surface area contributed by atoms with Gasteiger partial charge in [-0.2, -0.15) is 0 Å². The van der Waals surface area contributed by atoms with Gasteiger partial charge in [0.05, 0.1) is 12.2 Å². The van der Waals surface area contributed by atoms with Crippen molar-refractivity contribution in [3.63, 3.8) is 0 Å². The van der Waals surface area contributed by atoms with Gasteiger partial charge in [-0.05, 0) is 38.0 Å². The third-order valence-corrected chi connectivity index (χ3v) is 8.67. The molecule has 3 unspecified atom stereocenters. The van der Waals surface area contributed by atoms with Gasteiger partial charge >= 0.3 is 11.9 Å². The molecule has 0 radical (unpaired) electrons. The van der Waals surface area contributed by atoms with E-state index in [4.69, 9.17) is 14.2 Å². The van der Waals surface area contributed by atoms with Crippen LogP contribution in [0.4, 0.5) is 0 Å². The molecule has 9 heteroatoms. The van der Waals surface area contributed by atoms with Crippen LogP contribution in [-0.4, -0.2) is 74.5 Å². The second kappa shape index (κ2) is 9.13. The Morgan fingerprint density at radius 3 is 2.69 bits per heavy atom. The molecule has 1 aromatic rings. The zero-order valence-corrected chi connectivity index (χ0v) is 20.9. The fraction of sp³-hybridized carbons (Fsp3) is 0.630. The Morgan fingerprint density at radius 1 is 1.28 bits per heavy atom. The van der Waals surface area contributed by atoms with Gasteiger partial charge in [0.1, 0.15) is 29.6 Å². The number of aliphatic hydroxyl groups is 3. The molecule has 1 saturated heterocycles. The first-order chi connectivity index (χ1) is 17.1. The van der Waals surface area contributed by atoms with Gasteiger partial charge in [-0.1, -0.05) is 32.1 Å². The lowest BCUT2D eigenvalue weighted by Crippen LogP contribution is -2.57. The molecule has 3 heterocycles. The smallest absolute Gasteiger partial charge is 0.355 e. The Balaban J connectivity index is 1.57. The number of esters is 2. The molecule has 12 atom stereocenters. The Hall–Kier alpha value is -2.46. The van der Waals surface area contributed by atoms with Crippen molar-refractivity contribution in [1.29, 1.82) is 0 Å². The maximum Gasteiger partial charge on any atom is 0.355 e. The summed E-state index contributed by atoms with van der Waals surface area (Å²) in [7, 11) is 0. The summed E-state index contributed by atoms with van der Waals surface area (Å²) in [6.07, 6.45) is 2.25. The highest BCUT2D eigenvalue weighted by Crippen LogP contribution is 2.61. The number of aromatic nitrogens is 1. The predicted molar refractivity (Wildman–Crippen MR) is 127 cm³/mol. The maximum absolute atomic E-state index is 12.8. The van der Waals surface area contributed by atoms with Crippen LogP contribution in [-0.2, 0) is 19.0 Å². The van der Waals surface area contributed by atoms with Crippen LogP contribution in [0.15, 0.2) is 42.1 Å². The van der Waals surface area contributed by atoms with Gasteiger partial charge in [0.15, 0.2) is 6.10 Å². The molecule has 1 saturated carbocycles. The van der Waals surface area contributed by atoms with Crippen LogP contribution in [0.2, 0.25) is 0 Å². The van der Waals surface area contributed by atoms with Crippen molar-refractivity contribution in [2.45, 2.75) is 76.3 Å². The summed E-state index contributed by atoms with van der Waals surface area (Å²) in [4.78, 5) is 28.4. The van der Waals surface area contributed by atoms with Gasteiger partial charge in [-0.25, -0.2) is 9.59 Å². The number of carbonyl (C=O) groups is 2. The first kappa shape index (κ1) is 25.2. The summed E-state index contributed by atoms with van der Waals surface area (Å²) >= 11 is 0. The number of aliphatic hydroxyl groups excluding tert-OH is 3. The number of nitrogens with one attached hydrogen (secondary N) is 1. The van der Waals surface area contributed by atoms with Crippen molar-refractivity contribution >= 4 is 11.9 Å². The quantitative estimate of drug-likeness (QED) is 0.363. The van der Waals surface area contributed by atoms with E-state index < -0.39 is 66.0 Å². The van der Waals surface area contributed by atoms with Gasteiger partial charge in [0.2, 0.25) is 0 Å². The number of hydrogen-bond donors (Lipinski definition) is 4. The minimum atomic E-state index is -1.42. The lowest BCUT2D eigenvalue weighted by atomic mass is 9.57.